The number of hydrogen-bond acceptors (Lipinski definition) is 1. The van der Waals surface area contributed by atoms with Gasteiger partial charge in [0.1, 0.15) is 0 Å². The first-order valence-corrected chi connectivity index (χ1v) is 4.48. The maximum absolute atomic E-state index is 5.83. The van der Waals surface area contributed by atoms with E-state index in [1.807, 2.05) is 24.3 Å². The molecule has 1 aromatic carbocycles. The predicted molar refractivity (Wildman–Crippen MR) is 54.0 cm³/mol. The Balaban J connectivity index is 2.46. The Kier molecular flexibility index (Phi) is 2.25. The summed E-state index contributed by atoms with van der Waals surface area (Å²) in [6, 6.07) is 7.50. The molecule has 13 heavy (non-hydrogen) atoms. The third kappa shape index (κ3) is 1.85. The summed E-state index contributed by atoms with van der Waals surface area (Å²) in [6.45, 7) is 0. The van der Waals surface area contributed by atoms with E-state index >= 15 is 0 Å². The van der Waals surface area contributed by atoms with E-state index in [1.165, 1.54) is 0 Å². The van der Waals surface area contributed by atoms with E-state index in [4.69, 9.17) is 23.2 Å². The highest BCUT2D eigenvalue weighted by molar-refractivity contribution is 6.30. The number of halogens is 2. The van der Waals surface area contributed by atoms with Crippen LogP contribution in [0.25, 0.3) is 11.3 Å². The Labute approximate surface area is 85.5 Å². The summed E-state index contributed by atoms with van der Waals surface area (Å²) in [4.78, 5) is 6.80. The normalized spacial score (nSPS) is 10.3. The Bertz CT molecular complexity index is 423. The standard InChI is InChI=1S/C9H6Cl2N2/c10-7-3-1-2-6(4-7)8-5-12-9(11)13-8/h1-5H,(H,12,13). The molecule has 66 valence electrons. The molecule has 0 amide bonds. The molecule has 0 spiro atoms. The highest BCUT2D eigenvalue weighted by Crippen LogP contribution is 2.21. The summed E-state index contributed by atoms with van der Waals surface area (Å²) in [6.07, 6.45) is 1.67. The lowest BCUT2D eigenvalue weighted by Crippen LogP contribution is -1.75. The zero-order valence-electron chi connectivity index (χ0n) is 6.59. The Morgan fingerprint density at radius 1 is 1.23 bits per heavy atom. The van der Waals surface area contributed by atoms with E-state index in [1.54, 1.807) is 6.20 Å². The zero-order valence-corrected chi connectivity index (χ0v) is 8.10. The number of aromatic nitrogens is 2. The molecule has 0 saturated carbocycles. The maximum atomic E-state index is 5.83. The minimum absolute atomic E-state index is 0.384. The van der Waals surface area contributed by atoms with Crippen molar-refractivity contribution < 1.29 is 0 Å². The van der Waals surface area contributed by atoms with Gasteiger partial charge in [-0.15, -0.1) is 0 Å². The van der Waals surface area contributed by atoms with E-state index in [9.17, 15) is 0 Å². The van der Waals surface area contributed by atoms with Gasteiger partial charge in [0.15, 0.2) is 5.28 Å². The van der Waals surface area contributed by atoms with Crippen LogP contribution in [-0.2, 0) is 0 Å². The van der Waals surface area contributed by atoms with Crippen LogP contribution in [0.1, 0.15) is 0 Å². The second-order valence-electron chi connectivity index (χ2n) is 2.60. The van der Waals surface area contributed by atoms with Crippen molar-refractivity contribution in [3.63, 3.8) is 0 Å². The van der Waals surface area contributed by atoms with Gasteiger partial charge in [0, 0.05) is 10.6 Å². The lowest BCUT2D eigenvalue weighted by atomic mass is 10.2. The SMILES string of the molecule is Clc1cccc(-c2cnc(Cl)[nH]2)c1. The van der Waals surface area contributed by atoms with Gasteiger partial charge in [-0.05, 0) is 23.7 Å². The fourth-order valence-corrected chi connectivity index (χ4v) is 1.44. The molecule has 0 aliphatic heterocycles. The Morgan fingerprint density at radius 2 is 2.08 bits per heavy atom. The van der Waals surface area contributed by atoms with Gasteiger partial charge in [0.25, 0.3) is 0 Å². The topological polar surface area (TPSA) is 28.7 Å². The van der Waals surface area contributed by atoms with Gasteiger partial charge >= 0.3 is 0 Å². The molecule has 0 fully saturated rings. The van der Waals surface area contributed by atoms with Crippen LogP contribution in [0.4, 0.5) is 0 Å². The molecule has 0 aliphatic rings. The van der Waals surface area contributed by atoms with E-state index in [-0.39, 0.29) is 0 Å². The molecule has 1 heterocycles. The summed E-state index contributed by atoms with van der Waals surface area (Å²) >= 11 is 11.5. The van der Waals surface area contributed by atoms with Gasteiger partial charge in [-0.3, -0.25) is 0 Å². The van der Waals surface area contributed by atoms with Crippen LogP contribution in [0, 0.1) is 0 Å². The number of aromatic amines is 1. The van der Waals surface area contributed by atoms with Gasteiger partial charge < -0.3 is 4.98 Å². The summed E-state index contributed by atoms with van der Waals surface area (Å²) < 4.78 is 0. The Morgan fingerprint density at radius 3 is 2.69 bits per heavy atom. The first-order chi connectivity index (χ1) is 6.25. The smallest absolute Gasteiger partial charge is 0.200 e. The van der Waals surface area contributed by atoms with Crippen LogP contribution in [0.3, 0.4) is 0 Å². The molecular formula is C9H6Cl2N2. The first-order valence-electron chi connectivity index (χ1n) is 3.72. The van der Waals surface area contributed by atoms with Crippen molar-refractivity contribution in [1.82, 2.24) is 9.97 Å². The average Bonchev–Trinajstić information content (AvgIpc) is 2.52. The molecule has 1 N–H and O–H groups in total. The number of rotatable bonds is 1. The van der Waals surface area contributed by atoms with Crippen molar-refractivity contribution in [1.29, 1.82) is 0 Å². The molecular weight excluding hydrogens is 207 g/mol. The molecule has 0 bridgehead atoms. The predicted octanol–water partition coefficient (Wildman–Crippen LogP) is 3.38. The van der Waals surface area contributed by atoms with E-state index < -0.39 is 0 Å². The fourth-order valence-electron chi connectivity index (χ4n) is 1.10. The lowest BCUT2D eigenvalue weighted by molar-refractivity contribution is 1.31. The third-order valence-electron chi connectivity index (χ3n) is 1.68. The number of nitrogens with zero attached hydrogens (tertiary/aromatic N) is 1. The molecule has 1 aromatic heterocycles. The molecule has 0 saturated heterocycles. The van der Waals surface area contributed by atoms with Crippen LogP contribution in [0.5, 0.6) is 0 Å². The fraction of sp³-hybridized carbons (Fsp3) is 0. The summed E-state index contributed by atoms with van der Waals surface area (Å²) in [5, 5.41) is 1.08. The highest BCUT2D eigenvalue weighted by atomic mass is 35.5. The number of nitrogens with one attached hydrogen (secondary N) is 1. The van der Waals surface area contributed by atoms with Crippen LogP contribution >= 0.6 is 23.2 Å². The van der Waals surface area contributed by atoms with Crippen LogP contribution in [-0.4, -0.2) is 9.97 Å². The number of hydrogen-bond donors (Lipinski definition) is 1. The van der Waals surface area contributed by atoms with E-state index in [0.717, 1.165) is 11.3 Å². The van der Waals surface area contributed by atoms with Crippen molar-refractivity contribution in [2.24, 2.45) is 0 Å². The summed E-state index contributed by atoms with van der Waals surface area (Å²) in [7, 11) is 0. The van der Waals surface area contributed by atoms with Crippen molar-refractivity contribution >= 4 is 23.2 Å². The van der Waals surface area contributed by atoms with Gasteiger partial charge in [-0.2, -0.15) is 0 Å². The molecule has 4 heteroatoms. The largest absolute Gasteiger partial charge is 0.329 e. The van der Waals surface area contributed by atoms with Crippen molar-refractivity contribution in [2.45, 2.75) is 0 Å². The molecule has 2 aromatic rings. The monoisotopic (exact) mass is 212 g/mol. The molecule has 0 atom stereocenters. The maximum Gasteiger partial charge on any atom is 0.200 e. The summed E-state index contributed by atoms with van der Waals surface area (Å²) in [5.41, 5.74) is 1.85. The minimum Gasteiger partial charge on any atom is -0.329 e. The number of H-pyrrole nitrogens is 1. The van der Waals surface area contributed by atoms with Gasteiger partial charge in [0.2, 0.25) is 0 Å². The molecule has 2 nitrogen and oxygen atoms in total. The highest BCUT2D eigenvalue weighted by Gasteiger charge is 2.01. The van der Waals surface area contributed by atoms with Crippen molar-refractivity contribution in [3.05, 3.63) is 40.8 Å². The van der Waals surface area contributed by atoms with Gasteiger partial charge in [-0.1, -0.05) is 23.7 Å². The number of imidazole rings is 1. The molecule has 0 unspecified atom stereocenters. The van der Waals surface area contributed by atoms with E-state index in [2.05, 4.69) is 9.97 Å². The average molecular weight is 213 g/mol. The summed E-state index contributed by atoms with van der Waals surface area (Å²) in [5.74, 6) is 0. The second-order valence-corrected chi connectivity index (χ2v) is 3.39. The molecule has 2 rings (SSSR count). The van der Waals surface area contributed by atoms with Gasteiger partial charge in [0.05, 0.1) is 11.9 Å². The number of benzene rings is 1. The van der Waals surface area contributed by atoms with Crippen LogP contribution < -0.4 is 0 Å². The van der Waals surface area contributed by atoms with Crippen LogP contribution in [0.2, 0.25) is 10.3 Å². The quantitative estimate of drug-likeness (QED) is 0.772. The first kappa shape index (κ1) is 8.60. The van der Waals surface area contributed by atoms with Crippen molar-refractivity contribution in [3.8, 4) is 11.3 Å². The van der Waals surface area contributed by atoms with Gasteiger partial charge in [-0.25, -0.2) is 4.98 Å². The molecule has 0 radical (unpaired) electrons. The zero-order chi connectivity index (χ0) is 9.26. The lowest BCUT2D eigenvalue weighted by Gasteiger charge is -1.96. The molecule has 0 aliphatic carbocycles. The second kappa shape index (κ2) is 3.40. The van der Waals surface area contributed by atoms with E-state index in [0.29, 0.717) is 10.3 Å². The minimum atomic E-state index is 0.384. The third-order valence-corrected chi connectivity index (χ3v) is 2.11. The Hall–Kier alpha value is -0.990. The van der Waals surface area contributed by atoms with Crippen molar-refractivity contribution in [2.75, 3.05) is 0 Å². The van der Waals surface area contributed by atoms with Crippen LogP contribution in [0.15, 0.2) is 30.5 Å².